The molecule has 5 heteroatoms. The first kappa shape index (κ1) is 13.3. The highest BCUT2D eigenvalue weighted by Gasteiger charge is 2.25. The second-order valence-corrected chi connectivity index (χ2v) is 5.87. The molecule has 0 amide bonds. The van der Waals surface area contributed by atoms with Crippen LogP contribution in [0.4, 0.5) is 11.4 Å². The van der Waals surface area contributed by atoms with Gasteiger partial charge in [-0.3, -0.25) is 0 Å². The molecule has 20 heavy (non-hydrogen) atoms. The summed E-state index contributed by atoms with van der Waals surface area (Å²) in [5, 5.41) is 4.22. The highest BCUT2D eigenvalue weighted by Crippen LogP contribution is 2.36. The van der Waals surface area contributed by atoms with E-state index in [0.29, 0.717) is 6.04 Å². The van der Waals surface area contributed by atoms with Crippen molar-refractivity contribution in [3.8, 4) is 0 Å². The van der Waals surface area contributed by atoms with Gasteiger partial charge in [0.25, 0.3) is 0 Å². The van der Waals surface area contributed by atoms with E-state index in [1.54, 1.807) is 0 Å². The first-order chi connectivity index (χ1) is 9.65. The van der Waals surface area contributed by atoms with E-state index in [4.69, 9.17) is 11.6 Å². The van der Waals surface area contributed by atoms with Gasteiger partial charge >= 0.3 is 0 Å². The van der Waals surface area contributed by atoms with Crippen LogP contribution in [0.3, 0.4) is 0 Å². The van der Waals surface area contributed by atoms with Crippen LogP contribution in [0, 0.1) is 0 Å². The van der Waals surface area contributed by atoms with Crippen LogP contribution in [0.5, 0.6) is 0 Å². The van der Waals surface area contributed by atoms with Gasteiger partial charge in [-0.2, -0.15) is 0 Å². The Balaban J connectivity index is 1.77. The summed E-state index contributed by atoms with van der Waals surface area (Å²) < 4.78 is 2.27. The molecule has 106 valence electrons. The van der Waals surface area contributed by atoms with E-state index in [0.717, 1.165) is 22.9 Å². The number of nitrogens with one attached hydrogen (secondary N) is 1. The quantitative estimate of drug-likeness (QED) is 0.914. The monoisotopic (exact) mass is 290 g/mol. The van der Waals surface area contributed by atoms with Crippen LogP contribution in [-0.2, 0) is 6.54 Å². The van der Waals surface area contributed by atoms with Crippen molar-refractivity contribution in [3.63, 3.8) is 0 Å². The average molecular weight is 291 g/mol. The number of rotatable bonds is 5. The maximum atomic E-state index is 6.10. The number of nitrogens with zero attached hydrogens (tertiary/aromatic N) is 3. The van der Waals surface area contributed by atoms with Gasteiger partial charge in [-0.25, -0.2) is 4.98 Å². The van der Waals surface area contributed by atoms with E-state index < -0.39 is 0 Å². The zero-order valence-corrected chi connectivity index (χ0v) is 12.6. The largest absolute Gasteiger partial charge is 0.378 e. The topological polar surface area (TPSA) is 33.1 Å². The number of benzene rings is 1. The molecule has 1 aromatic heterocycles. The molecular formula is C15H19ClN4. The first-order valence-electron chi connectivity index (χ1n) is 6.86. The van der Waals surface area contributed by atoms with Crippen LogP contribution in [0.15, 0.2) is 30.7 Å². The third-order valence-electron chi connectivity index (χ3n) is 3.59. The van der Waals surface area contributed by atoms with E-state index in [2.05, 4.69) is 19.8 Å². The zero-order chi connectivity index (χ0) is 14.1. The standard InChI is InChI=1S/C15H19ClN4/c1-19(2)15-6-3-11(16)7-14(15)18-9-13-8-17-10-20(13)12-4-5-12/h3,6-8,10,12,18H,4-5,9H2,1-2H3. The van der Waals surface area contributed by atoms with Crippen LogP contribution in [0.2, 0.25) is 5.02 Å². The molecule has 2 aromatic rings. The fourth-order valence-electron chi connectivity index (χ4n) is 2.38. The zero-order valence-electron chi connectivity index (χ0n) is 11.8. The second kappa shape index (κ2) is 5.37. The van der Waals surface area contributed by atoms with Crippen molar-refractivity contribution in [1.82, 2.24) is 9.55 Å². The Bertz CT molecular complexity index is 602. The molecule has 0 radical (unpaired) electrons. The lowest BCUT2D eigenvalue weighted by Crippen LogP contribution is -2.13. The maximum Gasteiger partial charge on any atom is 0.0951 e. The van der Waals surface area contributed by atoms with Crippen LogP contribution in [0.25, 0.3) is 0 Å². The minimum absolute atomic E-state index is 0.655. The van der Waals surface area contributed by atoms with E-state index >= 15 is 0 Å². The predicted octanol–water partition coefficient (Wildman–Crippen LogP) is 3.55. The van der Waals surface area contributed by atoms with Crippen LogP contribution < -0.4 is 10.2 Å². The normalized spacial score (nSPS) is 14.3. The van der Waals surface area contributed by atoms with Gasteiger partial charge in [0.15, 0.2) is 0 Å². The Morgan fingerprint density at radius 1 is 1.40 bits per heavy atom. The summed E-state index contributed by atoms with van der Waals surface area (Å²) >= 11 is 6.10. The molecule has 0 bridgehead atoms. The van der Waals surface area contributed by atoms with Crippen LogP contribution in [-0.4, -0.2) is 23.6 Å². The molecule has 1 aliphatic rings. The third-order valence-corrected chi connectivity index (χ3v) is 3.82. The molecule has 4 nitrogen and oxygen atoms in total. The molecule has 0 atom stereocenters. The van der Waals surface area contributed by atoms with Crippen molar-refractivity contribution in [3.05, 3.63) is 41.4 Å². The van der Waals surface area contributed by atoms with Gasteiger partial charge in [-0.15, -0.1) is 0 Å². The van der Waals surface area contributed by atoms with Gasteiger partial charge in [0.05, 0.1) is 29.9 Å². The van der Waals surface area contributed by atoms with Gasteiger partial charge < -0.3 is 14.8 Å². The molecule has 1 saturated carbocycles. The Morgan fingerprint density at radius 2 is 2.20 bits per heavy atom. The predicted molar refractivity (Wildman–Crippen MR) is 83.6 cm³/mol. The van der Waals surface area contributed by atoms with Crippen LogP contribution >= 0.6 is 11.6 Å². The molecule has 1 fully saturated rings. The number of imidazole rings is 1. The second-order valence-electron chi connectivity index (χ2n) is 5.43. The van der Waals surface area contributed by atoms with Crippen molar-refractivity contribution >= 4 is 23.0 Å². The fourth-order valence-corrected chi connectivity index (χ4v) is 2.55. The molecule has 0 saturated heterocycles. The maximum absolute atomic E-state index is 6.10. The van der Waals surface area contributed by atoms with E-state index in [-0.39, 0.29) is 0 Å². The third kappa shape index (κ3) is 2.75. The van der Waals surface area contributed by atoms with Gasteiger partial charge in [0.2, 0.25) is 0 Å². The molecule has 0 spiro atoms. The van der Waals surface area contributed by atoms with E-state index in [1.807, 2.05) is 44.8 Å². The smallest absolute Gasteiger partial charge is 0.0951 e. The molecule has 0 unspecified atom stereocenters. The SMILES string of the molecule is CN(C)c1ccc(Cl)cc1NCc1cncn1C1CC1. The minimum atomic E-state index is 0.655. The van der Waals surface area contributed by atoms with Crippen molar-refractivity contribution in [1.29, 1.82) is 0 Å². The molecule has 1 N–H and O–H groups in total. The summed E-state index contributed by atoms with van der Waals surface area (Å²) in [7, 11) is 4.06. The lowest BCUT2D eigenvalue weighted by molar-refractivity contribution is 0.701. The van der Waals surface area contributed by atoms with Crippen molar-refractivity contribution in [2.24, 2.45) is 0 Å². The summed E-state index contributed by atoms with van der Waals surface area (Å²) in [6, 6.07) is 6.57. The van der Waals surface area contributed by atoms with E-state index in [1.165, 1.54) is 18.5 Å². The molecular weight excluding hydrogens is 272 g/mol. The van der Waals surface area contributed by atoms with Crippen molar-refractivity contribution < 1.29 is 0 Å². The van der Waals surface area contributed by atoms with Crippen molar-refractivity contribution in [2.45, 2.75) is 25.4 Å². The summed E-state index contributed by atoms with van der Waals surface area (Å²) in [5.74, 6) is 0. The molecule has 1 heterocycles. The minimum Gasteiger partial charge on any atom is -0.378 e. The van der Waals surface area contributed by atoms with Gasteiger partial charge in [-0.1, -0.05) is 11.6 Å². The number of halogens is 1. The Hall–Kier alpha value is -1.68. The summed E-state index contributed by atoms with van der Waals surface area (Å²) in [6.07, 6.45) is 6.40. The average Bonchev–Trinajstić information content (AvgIpc) is 3.15. The number of hydrogen-bond donors (Lipinski definition) is 1. The highest BCUT2D eigenvalue weighted by molar-refractivity contribution is 6.31. The number of hydrogen-bond acceptors (Lipinski definition) is 3. The summed E-state index contributed by atoms with van der Waals surface area (Å²) in [4.78, 5) is 6.34. The first-order valence-corrected chi connectivity index (χ1v) is 7.24. The summed E-state index contributed by atoms with van der Waals surface area (Å²) in [5.41, 5.74) is 3.40. The van der Waals surface area contributed by atoms with Gasteiger partial charge in [0, 0.05) is 31.4 Å². The molecule has 1 aromatic carbocycles. The summed E-state index contributed by atoms with van der Waals surface area (Å²) in [6.45, 7) is 0.762. The highest BCUT2D eigenvalue weighted by atomic mass is 35.5. The fraction of sp³-hybridized carbons (Fsp3) is 0.400. The van der Waals surface area contributed by atoms with Gasteiger partial charge in [-0.05, 0) is 31.0 Å². The van der Waals surface area contributed by atoms with E-state index in [9.17, 15) is 0 Å². The van der Waals surface area contributed by atoms with Crippen LogP contribution in [0.1, 0.15) is 24.6 Å². The molecule has 0 aliphatic heterocycles. The molecule has 1 aliphatic carbocycles. The molecule has 3 rings (SSSR count). The van der Waals surface area contributed by atoms with Gasteiger partial charge in [0.1, 0.15) is 0 Å². The van der Waals surface area contributed by atoms with Crippen molar-refractivity contribution in [2.75, 3.05) is 24.3 Å². The Morgan fingerprint density at radius 3 is 2.90 bits per heavy atom. The Labute approximate surface area is 124 Å². The number of anilines is 2. The number of aromatic nitrogens is 2. The lowest BCUT2D eigenvalue weighted by atomic mass is 10.2. The Kier molecular flexibility index (Phi) is 3.57. The lowest BCUT2D eigenvalue weighted by Gasteiger charge is -2.19.